The standard InChI is InChI=1S/C15H14N2O3/c1-10-4-3-5-11(8-10)14(18)17-13-9-12(6-7-16-13)15(19)20-2/h3-9H,1-2H3,(H,16,17,18). The Morgan fingerprint density at radius 2 is 1.95 bits per heavy atom. The lowest BCUT2D eigenvalue weighted by Gasteiger charge is -2.06. The molecule has 1 aromatic carbocycles. The molecule has 5 nitrogen and oxygen atoms in total. The third-order valence-electron chi connectivity index (χ3n) is 2.70. The number of nitrogens with one attached hydrogen (secondary N) is 1. The average molecular weight is 270 g/mol. The number of rotatable bonds is 3. The number of methoxy groups -OCH3 is 1. The molecule has 102 valence electrons. The number of esters is 1. The molecule has 0 unspecified atom stereocenters. The summed E-state index contributed by atoms with van der Waals surface area (Å²) < 4.78 is 4.62. The molecule has 0 saturated heterocycles. The summed E-state index contributed by atoms with van der Waals surface area (Å²) in [6, 6.07) is 10.2. The van der Waals surface area contributed by atoms with Gasteiger partial charge in [-0.25, -0.2) is 9.78 Å². The highest BCUT2D eigenvalue weighted by Crippen LogP contribution is 2.11. The molecule has 0 bridgehead atoms. The summed E-state index contributed by atoms with van der Waals surface area (Å²) >= 11 is 0. The first-order chi connectivity index (χ1) is 9.60. The molecule has 0 aliphatic carbocycles. The summed E-state index contributed by atoms with van der Waals surface area (Å²) in [5.74, 6) is -0.443. The van der Waals surface area contributed by atoms with Gasteiger partial charge in [0.15, 0.2) is 0 Å². The highest BCUT2D eigenvalue weighted by Gasteiger charge is 2.10. The van der Waals surface area contributed by atoms with Gasteiger partial charge in [0.05, 0.1) is 12.7 Å². The first-order valence-corrected chi connectivity index (χ1v) is 6.02. The largest absolute Gasteiger partial charge is 0.465 e. The molecule has 1 N–H and O–H groups in total. The monoisotopic (exact) mass is 270 g/mol. The molecule has 0 radical (unpaired) electrons. The van der Waals surface area contributed by atoms with E-state index in [4.69, 9.17) is 0 Å². The van der Waals surface area contributed by atoms with E-state index in [1.54, 1.807) is 12.1 Å². The molecule has 5 heteroatoms. The lowest BCUT2D eigenvalue weighted by Crippen LogP contribution is -2.13. The van der Waals surface area contributed by atoms with E-state index >= 15 is 0 Å². The summed E-state index contributed by atoms with van der Waals surface area (Å²) in [5, 5.41) is 2.65. The predicted molar refractivity (Wildman–Crippen MR) is 74.7 cm³/mol. The maximum atomic E-state index is 12.0. The SMILES string of the molecule is COC(=O)c1ccnc(NC(=O)c2cccc(C)c2)c1. The first-order valence-electron chi connectivity index (χ1n) is 6.02. The zero-order valence-electron chi connectivity index (χ0n) is 11.2. The predicted octanol–water partition coefficient (Wildman–Crippen LogP) is 2.43. The molecule has 0 spiro atoms. The molecule has 1 heterocycles. The maximum absolute atomic E-state index is 12.0. The lowest BCUT2D eigenvalue weighted by molar-refractivity contribution is 0.0600. The minimum atomic E-state index is -0.474. The van der Waals surface area contributed by atoms with E-state index in [2.05, 4.69) is 15.0 Å². The van der Waals surface area contributed by atoms with Crippen LogP contribution in [0.15, 0.2) is 42.6 Å². The number of aromatic nitrogens is 1. The minimum absolute atomic E-state index is 0.275. The third kappa shape index (κ3) is 3.20. The Morgan fingerprint density at radius 3 is 2.65 bits per heavy atom. The van der Waals surface area contributed by atoms with Crippen LogP contribution in [-0.2, 0) is 4.74 Å². The van der Waals surface area contributed by atoms with Crippen molar-refractivity contribution < 1.29 is 14.3 Å². The molecular weight excluding hydrogens is 256 g/mol. The molecule has 0 fully saturated rings. The number of benzene rings is 1. The van der Waals surface area contributed by atoms with E-state index in [0.717, 1.165) is 5.56 Å². The number of hydrogen-bond acceptors (Lipinski definition) is 4. The van der Waals surface area contributed by atoms with E-state index in [0.29, 0.717) is 16.9 Å². The van der Waals surface area contributed by atoms with Gasteiger partial charge in [-0.15, -0.1) is 0 Å². The van der Waals surface area contributed by atoms with E-state index in [1.807, 2.05) is 19.1 Å². The summed E-state index contributed by atoms with van der Waals surface area (Å²) in [6.07, 6.45) is 1.44. The van der Waals surface area contributed by atoms with Crippen LogP contribution < -0.4 is 5.32 Å². The van der Waals surface area contributed by atoms with Crippen LogP contribution in [0.3, 0.4) is 0 Å². The lowest BCUT2D eigenvalue weighted by atomic mass is 10.1. The van der Waals surface area contributed by atoms with Crippen molar-refractivity contribution in [3.05, 3.63) is 59.3 Å². The smallest absolute Gasteiger partial charge is 0.338 e. The Bertz CT molecular complexity index is 653. The normalized spacial score (nSPS) is 9.90. The zero-order valence-corrected chi connectivity index (χ0v) is 11.2. The zero-order chi connectivity index (χ0) is 14.5. The molecule has 0 aliphatic heterocycles. The van der Waals surface area contributed by atoms with Gasteiger partial charge in [-0.05, 0) is 31.2 Å². The molecule has 1 aromatic heterocycles. The number of amides is 1. The van der Waals surface area contributed by atoms with Crippen LogP contribution >= 0.6 is 0 Å². The second-order valence-corrected chi connectivity index (χ2v) is 4.24. The Balaban J connectivity index is 2.18. The third-order valence-corrected chi connectivity index (χ3v) is 2.70. The second kappa shape index (κ2) is 5.97. The van der Waals surface area contributed by atoms with Gasteiger partial charge in [-0.1, -0.05) is 17.7 Å². The molecular formula is C15H14N2O3. The number of carbonyl (C=O) groups excluding carboxylic acids is 2. The molecule has 0 aliphatic rings. The molecule has 20 heavy (non-hydrogen) atoms. The van der Waals surface area contributed by atoms with Crippen LogP contribution in [-0.4, -0.2) is 24.0 Å². The Hall–Kier alpha value is -2.69. The van der Waals surface area contributed by atoms with Gasteiger partial charge in [0.2, 0.25) is 0 Å². The van der Waals surface area contributed by atoms with Crippen LogP contribution in [0.5, 0.6) is 0 Å². The van der Waals surface area contributed by atoms with Crippen molar-refractivity contribution in [1.29, 1.82) is 0 Å². The minimum Gasteiger partial charge on any atom is -0.465 e. The number of aryl methyl sites for hydroxylation is 1. The molecule has 1 amide bonds. The number of carbonyl (C=O) groups is 2. The van der Waals surface area contributed by atoms with Crippen LogP contribution in [0.2, 0.25) is 0 Å². The van der Waals surface area contributed by atoms with E-state index in [-0.39, 0.29) is 5.91 Å². The molecule has 0 atom stereocenters. The number of anilines is 1. The fourth-order valence-electron chi connectivity index (χ4n) is 1.72. The van der Waals surface area contributed by atoms with Gasteiger partial charge >= 0.3 is 5.97 Å². The van der Waals surface area contributed by atoms with Crippen LogP contribution in [0.4, 0.5) is 5.82 Å². The summed E-state index contributed by atoms with van der Waals surface area (Å²) in [5.41, 5.74) is 1.87. The van der Waals surface area contributed by atoms with Crippen molar-refractivity contribution in [1.82, 2.24) is 4.98 Å². The van der Waals surface area contributed by atoms with Crippen molar-refractivity contribution in [3.8, 4) is 0 Å². The Morgan fingerprint density at radius 1 is 1.15 bits per heavy atom. The fraction of sp³-hybridized carbons (Fsp3) is 0.133. The Labute approximate surface area is 116 Å². The van der Waals surface area contributed by atoms with E-state index in [1.165, 1.54) is 25.4 Å². The van der Waals surface area contributed by atoms with Crippen molar-refractivity contribution in [2.75, 3.05) is 12.4 Å². The van der Waals surface area contributed by atoms with Gasteiger partial charge in [0, 0.05) is 11.8 Å². The quantitative estimate of drug-likeness (QED) is 0.870. The van der Waals surface area contributed by atoms with Gasteiger partial charge in [0.25, 0.3) is 5.91 Å². The second-order valence-electron chi connectivity index (χ2n) is 4.24. The first kappa shape index (κ1) is 13.7. The summed E-state index contributed by atoms with van der Waals surface area (Å²) in [6.45, 7) is 1.91. The van der Waals surface area contributed by atoms with Crippen molar-refractivity contribution in [2.24, 2.45) is 0 Å². The van der Waals surface area contributed by atoms with Crippen LogP contribution in [0.1, 0.15) is 26.3 Å². The highest BCUT2D eigenvalue weighted by molar-refractivity contribution is 6.04. The van der Waals surface area contributed by atoms with Crippen molar-refractivity contribution >= 4 is 17.7 Å². The van der Waals surface area contributed by atoms with Gasteiger partial charge in [-0.2, -0.15) is 0 Å². The fourth-order valence-corrected chi connectivity index (χ4v) is 1.72. The van der Waals surface area contributed by atoms with Gasteiger partial charge in [-0.3, -0.25) is 4.79 Å². The van der Waals surface area contributed by atoms with Crippen molar-refractivity contribution in [2.45, 2.75) is 6.92 Å². The molecule has 2 rings (SSSR count). The van der Waals surface area contributed by atoms with Gasteiger partial charge < -0.3 is 10.1 Å². The van der Waals surface area contributed by atoms with E-state index in [9.17, 15) is 9.59 Å². The Kier molecular flexibility index (Phi) is 4.10. The number of ether oxygens (including phenoxy) is 1. The highest BCUT2D eigenvalue weighted by atomic mass is 16.5. The number of pyridine rings is 1. The van der Waals surface area contributed by atoms with Crippen LogP contribution in [0, 0.1) is 6.92 Å². The summed E-state index contributed by atoms with van der Waals surface area (Å²) in [4.78, 5) is 27.5. The van der Waals surface area contributed by atoms with E-state index < -0.39 is 5.97 Å². The number of hydrogen-bond donors (Lipinski definition) is 1. The van der Waals surface area contributed by atoms with Crippen molar-refractivity contribution in [3.63, 3.8) is 0 Å². The van der Waals surface area contributed by atoms with Gasteiger partial charge in [0.1, 0.15) is 5.82 Å². The topological polar surface area (TPSA) is 68.3 Å². The molecule has 0 saturated carbocycles. The average Bonchev–Trinajstić information content (AvgIpc) is 2.46. The number of nitrogens with zero attached hydrogens (tertiary/aromatic N) is 1. The van der Waals surface area contributed by atoms with Crippen LogP contribution in [0.25, 0.3) is 0 Å². The molecule has 2 aromatic rings. The summed E-state index contributed by atoms with van der Waals surface area (Å²) in [7, 11) is 1.30. The maximum Gasteiger partial charge on any atom is 0.338 e.